The highest BCUT2D eigenvalue weighted by atomic mass is 16.3. The second-order valence-corrected chi connectivity index (χ2v) is 9.72. The number of Topliss-reactive ketones (excluding diaryl/α,β-unsaturated/α-hetero) is 1. The van der Waals surface area contributed by atoms with E-state index in [4.69, 9.17) is 5.73 Å². The molecule has 2 saturated carbocycles. The van der Waals surface area contributed by atoms with Crippen LogP contribution in [0.15, 0.2) is 12.1 Å². The minimum atomic E-state index is -1.09. The van der Waals surface area contributed by atoms with Gasteiger partial charge in [0.05, 0.1) is 11.2 Å². The van der Waals surface area contributed by atoms with E-state index in [1.807, 2.05) is 6.07 Å². The molecule has 1 aliphatic heterocycles. The number of carbonyl (C=O) groups is 2. The Morgan fingerprint density at radius 1 is 1.31 bits per heavy atom. The van der Waals surface area contributed by atoms with Gasteiger partial charge in [0.15, 0.2) is 0 Å². The van der Waals surface area contributed by atoms with Crippen molar-refractivity contribution in [2.45, 2.75) is 81.4 Å². The normalized spacial score (nSPS) is 35.4. The minimum absolute atomic E-state index is 0.0715. The lowest BCUT2D eigenvalue weighted by molar-refractivity contribution is -0.182. The Hall–Kier alpha value is -1.92. The molecule has 156 valence electrons. The number of aromatic hydroxyl groups is 1. The summed E-state index contributed by atoms with van der Waals surface area (Å²) < 4.78 is 0. The summed E-state index contributed by atoms with van der Waals surface area (Å²) in [5.41, 5.74) is 5.15. The molecule has 1 aromatic rings. The standard InChI is InChI=1S/C23H30N2O4/c1-13(14-3-2-4-14)25-10-9-22-12-16(26)7-8-23(22,29)18(25)11-15-5-6-17(21(24)28)20(27)19(15)22/h5-6,13-14,18,27,29H,2-4,7-12H2,1H3,(H2,24,28)/t13-,18?,22?,23-/m1/s1. The highest BCUT2D eigenvalue weighted by Gasteiger charge is 2.66. The van der Waals surface area contributed by atoms with Crippen molar-refractivity contribution in [1.82, 2.24) is 4.90 Å². The second-order valence-electron chi connectivity index (χ2n) is 9.72. The van der Waals surface area contributed by atoms with Crippen LogP contribution < -0.4 is 5.73 Å². The molecule has 0 aromatic heterocycles. The fourth-order valence-electron chi connectivity index (χ4n) is 6.83. The first kappa shape index (κ1) is 19.1. The Labute approximate surface area is 171 Å². The molecule has 6 nitrogen and oxygen atoms in total. The summed E-state index contributed by atoms with van der Waals surface area (Å²) in [5.74, 6) is -0.0402. The average molecular weight is 399 g/mol. The Kier molecular flexibility index (Phi) is 4.13. The number of aliphatic hydroxyl groups is 1. The van der Waals surface area contributed by atoms with Crippen molar-refractivity contribution in [3.8, 4) is 5.75 Å². The third-order valence-electron chi connectivity index (χ3n) is 8.64. The van der Waals surface area contributed by atoms with Crippen LogP contribution in [0.1, 0.15) is 73.4 Å². The Bertz CT molecular complexity index is 895. The SMILES string of the molecule is C[C@H](C1CCC1)N1CCC23CC(=O)CC[C@@]2(O)C1Cc1ccc(C(N)=O)c(O)c13. The van der Waals surface area contributed by atoms with E-state index in [-0.39, 0.29) is 29.6 Å². The quantitative estimate of drug-likeness (QED) is 0.723. The van der Waals surface area contributed by atoms with Crippen molar-refractivity contribution in [2.24, 2.45) is 11.7 Å². The molecular formula is C23H30N2O4. The number of rotatable bonds is 3. The van der Waals surface area contributed by atoms with Crippen LogP contribution in [-0.4, -0.2) is 51.0 Å². The molecule has 2 bridgehead atoms. The molecule has 5 rings (SSSR count). The first-order valence-electron chi connectivity index (χ1n) is 10.9. The Morgan fingerprint density at radius 2 is 2.07 bits per heavy atom. The van der Waals surface area contributed by atoms with Gasteiger partial charge in [0.1, 0.15) is 11.5 Å². The van der Waals surface area contributed by atoms with Crippen LogP contribution in [-0.2, 0) is 16.6 Å². The summed E-state index contributed by atoms with van der Waals surface area (Å²) in [6.07, 6.45) is 5.97. The van der Waals surface area contributed by atoms with E-state index in [0.29, 0.717) is 43.2 Å². The zero-order valence-corrected chi connectivity index (χ0v) is 17.0. The molecule has 6 heteroatoms. The summed E-state index contributed by atoms with van der Waals surface area (Å²) in [4.78, 5) is 26.9. The van der Waals surface area contributed by atoms with Crippen LogP contribution in [0, 0.1) is 5.92 Å². The first-order valence-corrected chi connectivity index (χ1v) is 10.9. The maximum absolute atomic E-state index is 12.6. The lowest BCUT2D eigenvalue weighted by Gasteiger charge is -2.65. The fourth-order valence-corrected chi connectivity index (χ4v) is 6.83. The number of benzene rings is 1. The fraction of sp³-hybridized carbons (Fsp3) is 0.652. The van der Waals surface area contributed by atoms with Gasteiger partial charge in [-0.15, -0.1) is 0 Å². The first-order chi connectivity index (χ1) is 13.8. The van der Waals surface area contributed by atoms with E-state index in [0.717, 1.165) is 12.1 Å². The highest BCUT2D eigenvalue weighted by molar-refractivity contribution is 5.96. The molecule has 3 aliphatic carbocycles. The van der Waals surface area contributed by atoms with Gasteiger partial charge in [0.2, 0.25) is 0 Å². The van der Waals surface area contributed by atoms with Crippen LogP contribution in [0.2, 0.25) is 0 Å². The third-order valence-corrected chi connectivity index (χ3v) is 8.64. The van der Waals surface area contributed by atoms with Crippen LogP contribution in [0.5, 0.6) is 5.75 Å². The summed E-state index contributed by atoms with van der Waals surface area (Å²) in [7, 11) is 0. The van der Waals surface area contributed by atoms with Gasteiger partial charge in [-0.05, 0) is 63.1 Å². The van der Waals surface area contributed by atoms with Crippen LogP contribution in [0.3, 0.4) is 0 Å². The van der Waals surface area contributed by atoms with Crippen molar-refractivity contribution in [2.75, 3.05) is 6.54 Å². The molecule has 29 heavy (non-hydrogen) atoms. The van der Waals surface area contributed by atoms with Gasteiger partial charge in [-0.2, -0.15) is 0 Å². The number of nitrogens with zero attached hydrogens (tertiary/aromatic N) is 1. The van der Waals surface area contributed by atoms with E-state index >= 15 is 0 Å². The predicted molar refractivity (Wildman–Crippen MR) is 108 cm³/mol. The molecule has 1 amide bonds. The Balaban J connectivity index is 1.67. The van der Waals surface area contributed by atoms with E-state index in [1.165, 1.54) is 19.3 Å². The summed E-state index contributed by atoms with van der Waals surface area (Å²) in [6, 6.07) is 3.76. The maximum atomic E-state index is 12.6. The summed E-state index contributed by atoms with van der Waals surface area (Å²) in [6.45, 7) is 3.06. The molecule has 0 radical (unpaired) electrons. The number of nitrogens with two attached hydrogens (primary N) is 1. The molecule has 1 saturated heterocycles. The van der Waals surface area contributed by atoms with E-state index in [9.17, 15) is 19.8 Å². The van der Waals surface area contributed by atoms with Crippen molar-refractivity contribution in [1.29, 1.82) is 0 Å². The summed E-state index contributed by atoms with van der Waals surface area (Å²) >= 11 is 0. The number of amides is 1. The number of hydrogen-bond acceptors (Lipinski definition) is 5. The van der Waals surface area contributed by atoms with E-state index < -0.39 is 16.9 Å². The van der Waals surface area contributed by atoms with E-state index in [2.05, 4.69) is 11.8 Å². The molecule has 4 N–H and O–H groups in total. The van der Waals surface area contributed by atoms with Gasteiger partial charge < -0.3 is 15.9 Å². The van der Waals surface area contributed by atoms with Crippen molar-refractivity contribution in [3.05, 3.63) is 28.8 Å². The summed E-state index contributed by atoms with van der Waals surface area (Å²) in [5, 5.41) is 23.2. The van der Waals surface area contributed by atoms with Gasteiger partial charge in [-0.25, -0.2) is 0 Å². The molecule has 4 atom stereocenters. The maximum Gasteiger partial charge on any atom is 0.252 e. The lowest BCUT2D eigenvalue weighted by atomic mass is 9.49. The monoisotopic (exact) mass is 398 g/mol. The minimum Gasteiger partial charge on any atom is -0.507 e. The van der Waals surface area contributed by atoms with Crippen molar-refractivity contribution >= 4 is 11.7 Å². The Morgan fingerprint density at radius 3 is 2.72 bits per heavy atom. The molecule has 4 aliphatic rings. The number of piperidine rings is 1. The van der Waals surface area contributed by atoms with Gasteiger partial charge in [0.25, 0.3) is 5.91 Å². The van der Waals surface area contributed by atoms with Gasteiger partial charge in [0, 0.05) is 35.9 Å². The van der Waals surface area contributed by atoms with Crippen LogP contribution in [0.25, 0.3) is 0 Å². The lowest BCUT2D eigenvalue weighted by Crippen LogP contribution is -2.74. The number of phenols is 1. The molecular weight excluding hydrogens is 368 g/mol. The predicted octanol–water partition coefficient (Wildman–Crippen LogP) is 2.03. The third kappa shape index (κ3) is 2.42. The molecule has 3 fully saturated rings. The van der Waals surface area contributed by atoms with Crippen LogP contribution >= 0.6 is 0 Å². The number of primary amides is 1. The van der Waals surface area contributed by atoms with Gasteiger partial charge in [-0.3, -0.25) is 14.5 Å². The topological polar surface area (TPSA) is 104 Å². The van der Waals surface area contributed by atoms with E-state index in [1.54, 1.807) is 6.07 Å². The number of carbonyl (C=O) groups excluding carboxylic acids is 2. The highest BCUT2D eigenvalue weighted by Crippen LogP contribution is 2.60. The second kappa shape index (κ2) is 6.29. The average Bonchev–Trinajstić information content (AvgIpc) is 2.60. The molecule has 1 aromatic carbocycles. The van der Waals surface area contributed by atoms with Crippen LogP contribution in [0.4, 0.5) is 0 Å². The van der Waals surface area contributed by atoms with Gasteiger partial charge in [-0.1, -0.05) is 12.5 Å². The molecule has 1 heterocycles. The largest absolute Gasteiger partial charge is 0.507 e. The number of fused-ring (bicyclic) bond motifs is 1. The smallest absolute Gasteiger partial charge is 0.252 e. The number of ketones is 1. The molecule has 0 spiro atoms. The molecule has 2 unspecified atom stereocenters. The zero-order chi connectivity index (χ0) is 20.6. The number of likely N-dealkylation sites (tertiary alicyclic amines) is 1. The number of hydrogen-bond donors (Lipinski definition) is 3. The zero-order valence-electron chi connectivity index (χ0n) is 17.0. The van der Waals surface area contributed by atoms with Crippen molar-refractivity contribution in [3.63, 3.8) is 0 Å². The van der Waals surface area contributed by atoms with Crippen molar-refractivity contribution < 1.29 is 19.8 Å². The van der Waals surface area contributed by atoms with Gasteiger partial charge >= 0.3 is 0 Å².